The lowest BCUT2D eigenvalue weighted by molar-refractivity contribution is -0.000547. The first-order valence-electron chi connectivity index (χ1n) is 9.15. The van der Waals surface area contributed by atoms with Crippen molar-refractivity contribution in [2.24, 2.45) is 0 Å². The molecule has 0 radical (unpaired) electrons. The predicted octanol–water partition coefficient (Wildman–Crippen LogP) is 2.86. The second-order valence-electron chi connectivity index (χ2n) is 8.01. The second kappa shape index (κ2) is 7.10. The van der Waals surface area contributed by atoms with E-state index in [2.05, 4.69) is 9.97 Å². The van der Waals surface area contributed by atoms with Crippen LogP contribution in [-0.4, -0.2) is 56.3 Å². The molecule has 142 valence electrons. The van der Waals surface area contributed by atoms with E-state index >= 15 is 0 Å². The minimum Gasteiger partial charge on any atom is -0.332 e. The van der Waals surface area contributed by atoms with Gasteiger partial charge in [0.1, 0.15) is 0 Å². The molecule has 6 nitrogen and oxygen atoms in total. The van der Waals surface area contributed by atoms with Gasteiger partial charge in [-0.05, 0) is 57.9 Å². The van der Waals surface area contributed by atoms with Crippen LogP contribution in [-0.2, 0) is 0 Å². The normalized spacial score (nSPS) is 19.1. The van der Waals surface area contributed by atoms with Gasteiger partial charge < -0.3 is 9.80 Å². The van der Waals surface area contributed by atoms with Crippen LogP contribution in [0.4, 0.5) is 0 Å². The van der Waals surface area contributed by atoms with Gasteiger partial charge in [0.25, 0.3) is 11.8 Å². The molecule has 2 amide bonds. The number of aryl methyl sites for hydroxylation is 2. The van der Waals surface area contributed by atoms with Crippen molar-refractivity contribution in [3.05, 3.63) is 59.2 Å². The molecule has 0 bridgehead atoms. The fourth-order valence-corrected chi connectivity index (χ4v) is 3.56. The Morgan fingerprint density at radius 3 is 2.00 bits per heavy atom. The highest BCUT2D eigenvalue weighted by Gasteiger charge is 2.42. The van der Waals surface area contributed by atoms with Crippen molar-refractivity contribution in [3.8, 4) is 0 Å². The molecule has 0 spiro atoms. The zero-order chi connectivity index (χ0) is 19.8. The Morgan fingerprint density at radius 2 is 1.48 bits per heavy atom. The first-order valence-corrected chi connectivity index (χ1v) is 9.15. The first-order chi connectivity index (χ1) is 12.7. The van der Waals surface area contributed by atoms with Crippen LogP contribution in [0.15, 0.2) is 36.9 Å². The van der Waals surface area contributed by atoms with Crippen LogP contribution in [0.1, 0.15) is 52.6 Å². The molecule has 2 aromatic heterocycles. The monoisotopic (exact) mass is 366 g/mol. The van der Waals surface area contributed by atoms with Crippen LogP contribution >= 0.6 is 0 Å². The average molecular weight is 366 g/mol. The number of pyridine rings is 2. The number of amides is 2. The Labute approximate surface area is 160 Å². The SMILES string of the molecule is Cc1cncc(C(=O)N2CC(C)(C)N(C(=O)c3cncc(C)c3)CC2C)c1. The van der Waals surface area contributed by atoms with Gasteiger partial charge in [0.05, 0.1) is 16.7 Å². The number of nitrogens with zero attached hydrogens (tertiary/aromatic N) is 4. The molecule has 1 fully saturated rings. The summed E-state index contributed by atoms with van der Waals surface area (Å²) >= 11 is 0. The topological polar surface area (TPSA) is 66.4 Å². The van der Waals surface area contributed by atoms with Crippen molar-refractivity contribution >= 4 is 11.8 Å². The summed E-state index contributed by atoms with van der Waals surface area (Å²) < 4.78 is 0. The van der Waals surface area contributed by atoms with Crippen molar-refractivity contribution in [1.82, 2.24) is 19.8 Å². The van der Waals surface area contributed by atoms with E-state index in [-0.39, 0.29) is 17.9 Å². The molecule has 27 heavy (non-hydrogen) atoms. The van der Waals surface area contributed by atoms with E-state index in [9.17, 15) is 9.59 Å². The number of carbonyl (C=O) groups is 2. The molecule has 0 N–H and O–H groups in total. The van der Waals surface area contributed by atoms with Crippen molar-refractivity contribution < 1.29 is 9.59 Å². The van der Waals surface area contributed by atoms with Crippen molar-refractivity contribution in [3.63, 3.8) is 0 Å². The number of hydrogen-bond donors (Lipinski definition) is 0. The highest BCUT2D eigenvalue weighted by atomic mass is 16.2. The largest absolute Gasteiger partial charge is 0.332 e. The quantitative estimate of drug-likeness (QED) is 0.820. The van der Waals surface area contributed by atoms with Crippen LogP contribution in [0.2, 0.25) is 0 Å². The van der Waals surface area contributed by atoms with E-state index in [0.717, 1.165) is 11.1 Å². The minimum atomic E-state index is -0.486. The number of carbonyl (C=O) groups excluding carboxylic acids is 2. The minimum absolute atomic E-state index is 0.0453. The van der Waals surface area contributed by atoms with Gasteiger partial charge in [0, 0.05) is 43.9 Å². The fraction of sp³-hybridized carbons (Fsp3) is 0.429. The van der Waals surface area contributed by atoms with Crippen LogP contribution < -0.4 is 0 Å². The molecule has 1 atom stereocenters. The number of aromatic nitrogens is 2. The van der Waals surface area contributed by atoms with Gasteiger partial charge in [-0.3, -0.25) is 19.6 Å². The molecule has 1 unspecified atom stereocenters. The van der Waals surface area contributed by atoms with E-state index < -0.39 is 5.54 Å². The maximum Gasteiger partial charge on any atom is 0.256 e. The smallest absolute Gasteiger partial charge is 0.256 e. The van der Waals surface area contributed by atoms with E-state index in [1.165, 1.54) is 0 Å². The first kappa shape index (κ1) is 19.0. The van der Waals surface area contributed by atoms with Gasteiger partial charge in [-0.15, -0.1) is 0 Å². The maximum atomic E-state index is 13.1. The van der Waals surface area contributed by atoms with Gasteiger partial charge in [0.15, 0.2) is 0 Å². The summed E-state index contributed by atoms with van der Waals surface area (Å²) in [5, 5.41) is 0. The maximum absolute atomic E-state index is 13.1. The van der Waals surface area contributed by atoms with Gasteiger partial charge in [-0.25, -0.2) is 0 Å². The summed E-state index contributed by atoms with van der Waals surface area (Å²) in [6.45, 7) is 10.7. The van der Waals surface area contributed by atoms with E-state index in [0.29, 0.717) is 24.2 Å². The van der Waals surface area contributed by atoms with E-state index in [1.807, 2.05) is 56.6 Å². The summed E-state index contributed by atoms with van der Waals surface area (Å²) in [6, 6.07) is 3.62. The Balaban J connectivity index is 1.84. The Morgan fingerprint density at radius 1 is 0.963 bits per heavy atom. The molecule has 3 rings (SSSR count). The molecule has 2 aromatic rings. The lowest BCUT2D eigenvalue weighted by Crippen LogP contribution is -2.65. The van der Waals surface area contributed by atoms with Crippen LogP contribution in [0.25, 0.3) is 0 Å². The number of rotatable bonds is 2. The Bertz CT molecular complexity index is 878. The molecular weight excluding hydrogens is 340 g/mol. The van der Waals surface area contributed by atoms with Gasteiger partial charge in [-0.2, -0.15) is 0 Å². The fourth-order valence-electron chi connectivity index (χ4n) is 3.56. The summed E-state index contributed by atoms with van der Waals surface area (Å²) in [5.74, 6) is -0.0940. The highest BCUT2D eigenvalue weighted by Crippen LogP contribution is 2.27. The molecule has 6 heteroatoms. The molecule has 1 saturated heterocycles. The van der Waals surface area contributed by atoms with Crippen LogP contribution in [0.3, 0.4) is 0 Å². The third-order valence-corrected chi connectivity index (χ3v) is 5.02. The van der Waals surface area contributed by atoms with Crippen molar-refractivity contribution in [1.29, 1.82) is 0 Å². The molecule has 0 aromatic carbocycles. The summed E-state index contributed by atoms with van der Waals surface area (Å²) in [5.41, 5.74) is 2.58. The molecule has 1 aliphatic rings. The lowest BCUT2D eigenvalue weighted by Gasteiger charge is -2.50. The van der Waals surface area contributed by atoms with Crippen molar-refractivity contribution in [2.75, 3.05) is 13.1 Å². The average Bonchev–Trinajstić information content (AvgIpc) is 2.62. The Hall–Kier alpha value is -2.76. The molecule has 3 heterocycles. The molecule has 0 saturated carbocycles. The van der Waals surface area contributed by atoms with Gasteiger partial charge >= 0.3 is 0 Å². The zero-order valence-corrected chi connectivity index (χ0v) is 16.6. The number of piperazine rings is 1. The van der Waals surface area contributed by atoms with Crippen LogP contribution in [0, 0.1) is 13.8 Å². The standard InChI is InChI=1S/C21H26N4O2/c1-14-6-17(10-22-8-14)19(26)24-13-21(4,5)25(12-16(24)3)20(27)18-7-15(2)9-23-11-18/h6-11,16H,12-13H2,1-5H3. The van der Waals surface area contributed by atoms with Crippen molar-refractivity contribution in [2.45, 2.75) is 46.2 Å². The third kappa shape index (κ3) is 3.84. The summed E-state index contributed by atoms with van der Waals surface area (Å²) in [4.78, 5) is 38.1. The zero-order valence-electron chi connectivity index (χ0n) is 16.6. The predicted molar refractivity (Wildman–Crippen MR) is 104 cm³/mol. The highest BCUT2D eigenvalue weighted by molar-refractivity contribution is 5.96. The summed E-state index contributed by atoms with van der Waals surface area (Å²) in [6.07, 6.45) is 6.67. The molecule has 1 aliphatic heterocycles. The molecule has 0 aliphatic carbocycles. The second-order valence-corrected chi connectivity index (χ2v) is 8.01. The Kier molecular flexibility index (Phi) is 5.00. The summed E-state index contributed by atoms with van der Waals surface area (Å²) in [7, 11) is 0. The van der Waals surface area contributed by atoms with Gasteiger partial charge in [0.2, 0.25) is 0 Å². The number of hydrogen-bond acceptors (Lipinski definition) is 4. The van der Waals surface area contributed by atoms with Gasteiger partial charge in [-0.1, -0.05) is 0 Å². The molecular formula is C21H26N4O2. The van der Waals surface area contributed by atoms with E-state index in [1.54, 1.807) is 24.8 Å². The lowest BCUT2D eigenvalue weighted by atomic mass is 9.94. The van der Waals surface area contributed by atoms with Crippen LogP contribution in [0.5, 0.6) is 0 Å². The third-order valence-electron chi connectivity index (χ3n) is 5.02. The van der Waals surface area contributed by atoms with E-state index in [4.69, 9.17) is 0 Å².